The van der Waals surface area contributed by atoms with E-state index in [1.807, 2.05) is 63.2 Å². The highest BCUT2D eigenvalue weighted by molar-refractivity contribution is 5.95. The number of aromatic nitrogens is 2. The summed E-state index contributed by atoms with van der Waals surface area (Å²) >= 11 is 0. The van der Waals surface area contributed by atoms with E-state index < -0.39 is 0 Å². The van der Waals surface area contributed by atoms with Gasteiger partial charge in [0.25, 0.3) is 0 Å². The Morgan fingerprint density at radius 3 is 2.39 bits per heavy atom. The minimum atomic E-state index is 0.0149. The van der Waals surface area contributed by atoms with Crippen molar-refractivity contribution in [3.63, 3.8) is 0 Å². The Kier molecular flexibility index (Phi) is 5.89. The molecule has 1 aromatic heterocycles. The molecule has 0 spiro atoms. The Labute approximate surface area is 165 Å². The van der Waals surface area contributed by atoms with Crippen LogP contribution in [-0.4, -0.2) is 21.9 Å². The molecule has 0 saturated carbocycles. The Balaban J connectivity index is 1.76. The number of ketones is 1. The maximum Gasteiger partial charge on any atom is 0.229 e. The van der Waals surface area contributed by atoms with Gasteiger partial charge in [-0.25, -0.2) is 4.98 Å². The van der Waals surface area contributed by atoms with Crippen LogP contribution in [0, 0.1) is 6.92 Å². The number of anilines is 4. The van der Waals surface area contributed by atoms with Gasteiger partial charge in [-0.05, 0) is 64.1 Å². The summed E-state index contributed by atoms with van der Waals surface area (Å²) in [5.41, 5.74) is 3.13. The summed E-state index contributed by atoms with van der Waals surface area (Å²) in [5.74, 6) is 1.98. The molecule has 3 aromatic rings. The summed E-state index contributed by atoms with van der Waals surface area (Å²) in [6.07, 6.45) is 0.137. The van der Waals surface area contributed by atoms with Gasteiger partial charge in [0.05, 0.1) is 6.10 Å². The van der Waals surface area contributed by atoms with Crippen LogP contribution in [0.15, 0.2) is 54.6 Å². The molecule has 6 nitrogen and oxygen atoms in total. The topological polar surface area (TPSA) is 76.1 Å². The van der Waals surface area contributed by atoms with E-state index in [9.17, 15) is 4.79 Å². The van der Waals surface area contributed by atoms with Crippen molar-refractivity contribution in [2.24, 2.45) is 0 Å². The molecule has 28 heavy (non-hydrogen) atoms. The summed E-state index contributed by atoms with van der Waals surface area (Å²) in [6.45, 7) is 7.44. The summed E-state index contributed by atoms with van der Waals surface area (Å²) in [4.78, 5) is 20.5. The molecule has 144 valence electrons. The van der Waals surface area contributed by atoms with E-state index in [-0.39, 0.29) is 11.9 Å². The van der Waals surface area contributed by atoms with Crippen LogP contribution in [-0.2, 0) is 0 Å². The van der Waals surface area contributed by atoms with E-state index in [4.69, 9.17) is 4.74 Å². The number of aryl methyl sites for hydroxylation is 1. The number of carbonyl (C=O) groups excluding carboxylic acids is 1. The van der Waals surface area contributed by atoms with Gasteiger partial charge in [0.2, 0.25) is 5.95 Å². The molecule has 1 heterocycles. The fraction of sp³-hybridized carbons (Fsp3) is 0.227. The molecule has 3 rings (SSSR count). The molecule has 0 saturated heterocycles. The van der Waals surface area contributed by atoms with Crippen LogP contribution in [0.4, 0.5) is 23.1 Å². The Bertz CT molecular complexity index is 969. The van der Waals surface area contributed by atoms with Gasteiger partial charge in [-0.15, -0.1) is 0 Å². The van der Waals surface area contributed by atoms with Crippen molar-refractivity contribution < 1.29 is 9.53 Å². The normalized spacial score (nSPS) is 10.6. The zero-order valence-electron chi connectivity index (χ0n) is 16.5. The second kappa shape index (κ2) is 8.52. The lowest BCUT2D eigenvalue weighted by molar-refractivity contribution is 0.101. The number of carbonyl (C=O) groups is 1. The maximum absolute atomic E-state index is 11.6. The highest BCUT2D eigenvalue weighted by atomic mass is 16.5. The fourth-order valence-corrected chi connectivity index (χ4v) is 2.67. The molecule has 0 radical (unpaired) electrons. The molecule has 0 fully saturated rings. The number of rotatable bonds is 7. The van der Waals surface area contributed by atoms with E-state index >= 15 is 0 Å². The lowest BCUT2D eigenvalue weighted by Gasteiger charge is -2.12. The van der Waals surface area contributed by atoms with Crippen molar-refractivity contribution in [3.8, 4) is 5.75 Å². The van der Waals surface area contributed by atoms with E-state index in [1.165, 1.54) is 0 Å². The van der Waals surface area contributed by atoms with Crippen molar-refractivity contribution >= 4 is 28.9 Å². The van der Waals surface area contributed by atoms with Crippen LogP contribution < -0.4 is 15.4 Å². The Hall–Kier alpha value is -3.41. The zero-order chi connectivity index (χ0) is 20.1. The van der Waals surface area contributed by atoms with Gasteiger partial charge in [-0.1, -0.05) is 12.1 Å². The van der Waals surface area contributed by atoms with Gasteiger partial charge in [0, 0.05) is 28.7 Å². The summed E-state index contributed by atoms with van der Waals surface area (Å²) in [7, 11) is 0. The van der Waals surface area contributed by atoms with Crippen molar-refractivity contribution in [3.05, 3.63) is 65.9 Å². The van der Waals surface area contributed by atoms with Gasteiger partial charge < -0.3 is 15.4 Å². The molecular formula is C22H24N4O2. The first-order valence-electron chi connectivity index (χ1n) is 9.16. The van der Waals surface area contributed by atoms with Gasteiger partial charge >= 0.3 is 0 Å². The smallest absolute Gasteiger partial charge is 0.229 e. The maximum atomic E-state index is 11.6. The van der Waals surface area contributed by atoms with Gasteiger partial charge in [0.15, 0.2) is 5.78 Å². The number of nitrogens with zero attached hydrogens (tertiary/aromatic N) is 2. The first kappa shape index (κ1) is 19.4. The SMILES string of the molecule is CC(=O)c1cccc(Nc2nc(C)cc(Nc3ccc(OC(C)C)cc3)n2)c1. The summed E-state index contributed by atoms with van der Waals surface area (Å²) in [6, 6.07) is 16.9. The first-order valence-corrected chi connectivity index (χ1v) is 9.16. The lowest BCUT2D eigenvalue weighted by Crippen LogP contribution is -2.05. The van der Waals surface area contributed by atoms with Gasteiger partial charge in [-0.2, -0.15) is 4.98 Å². The predicted octanol–water partition coefficient (Wildman–Crippen LogP) is 5.26. The van der Waals surface area contributed by atoms with Gasteiger partial charge in [-0.3, -0.25) is 4.79 Å². The average Bonchev–Trinajstić information content (AvgIpc) is 2.62. The van der Waals surface area contributed by atoms with E-state index in [0.717, 1.165) is 22.8 Å². The third kappa shape index (κ3) is 5.30. The Morgan fingerprint density at radius 1 is 0.964 bits per heavy atom. The van der Waals surface area contributed by atoms with Crippen LogP contribution in [0.5, 0.6) is 5.75 Å². The Morgan fingerprint density at radius 2 is 1.71 bits per heavy atom. The monoisotopic (exact) mass is 376 g/mol. The van der Waals surface area contributed by atoms with Crippen LogP contribution in [0.2, 0.25) is 0 Å². The van der Waals surface area contributed by atoms with Crippen molar-refractivity contribution in [1.29, 1.82) is 0 Å². The van der Waals surface area contributed by atoms with Crippen molar-refractivity contribution in [2.75, 3.05) is 10.6 Å². The molecule has 0 atom stereocenters. The van der Waals surface area contributed by atoms with Crippen LogP contribution in [0.25, 0.3) is 0 Å². The average molecular weight is 376 g/mol. The molecule has 0 aliphatic heterocycles. The number of benzene rings is 2. The molecule has 2 aromatic carbocycles. The van der Waals surface area contributed by atoms with E-state index in [0.29, 0.717) is 17.3 Å². The first-order chi connectivity index (χ1) is 13.4. The van der Waals surface area contributed by atoms with Crippen molar-refractivity contribution in [2.45, 2.75) is 33.8 Å². The molecule has 0 unspecified atom stereocenters. The predicted molar refractivity (Wildman–Crippen MR) is 112 cm³/mol. The van der Waals surface area contributed by atoms with Crippen LogP contribution in [0.3, 0.4) is 0 Å². The fourth-order valence-electron chi connectivity index (χ4n) is 2.67. The molecule has 2 N–H and O–H groups in total. The molecule has 0 bridgehead atoms. The van der Waals surface area contributed by atoms with E-state index in [1.54, 1.807) is 19.1 Å². The summed E-state index contributed by atoms with van der Waals surface area (Å²) in [5, 5.41) is 6.44. The largest absolute Gasteiger partial charge is 0.491 e. The number of hydrogen-bond acceptors (Lipinski definition) is 6. The standard InChI is InChI=1S/C22H24N4O2/c1-14(2)28-20-10-8-18(9-11-20)24-21-12-15(3)23-22(26-21)25-19-7-5-6-17(13-19)16(4)27/h5-14H,1-4H3,(H2,23,24,25,26). The molecule has 0 amide bonds. The third-order valence-electron chi connectivity index (χ3n) is 3.88. The second-order valence-corrected chi connectivity index (χ2v) is 6.80. The highest BCUT2D eigenvalue weighted by Crippen LogP contribution is 2.22. The number of hydrogen-bond donors (Lipinski definition) is 2. The minimum Gasteiger partial charge on any atom is -0.491 e. The van der Waals surface area contributed by atoms with Crippen molar-refractivity contribution in [1.82, 2.24) is 9.97 Å². The quantitative estimate of drug-likeness (QED) is 0.548. The third-order valence-corrected chi connectivity index (χ3v) is 3.88. The molecule has 0 aliphatic carbocycles. The number of nitrogens with one attached hydrogen (secondary N) is 2. The number of ether oxygens (including phenoxy) is 1. The minimum absolute atomic E-state index is 0.0149. The summed E-state index contributed by atoms with van der Waals surface area (Å²) < 4.78 is 5.66. The molecule has 6 heteroatoms. The zero-order valence-corrected chi connectivity index (χ0v) is 16.5. The number of Topliss-reactive ketones (excluding diaryl/α,β-unsaturated/α-hetero) is 1. The molecule has 0 aliphatic rings. The van der Waals surface area contributed by atoms with Gasteiger partial charge in [0.1, 0.15) is 11.6 Å². The lowest BCUT2D eigenvalue weighted by atomic mass is 10.1. The molecular weight excluding hydrogens is 352 g/mol. The van der Waals surface area contributed by atoms with E-state index in [2.05, 4.69) is 20.6 Å². The highest BCUT2D eigenvalue weighted by Gasteiger charge is 2.06. The second-order valence-electron chi connectivity index (χ2n) is 6.80. The van der Waals surface area contributed by atoms with Crippen LogP contribution in [0.1, 0.15) is 36.8 Å². The van der Waals surface area contributed by atoms with Crippen LogP contribution >= 0.6 is 0 Å².